The van der Waals surface area contributed by atoms with Crippen LogP contribution in [0, 0.1) is 6.92 Å². The number of hydrogen-bond acceptors (Lipinski definition) is 4. The first-order valence-corrected chi connectivity index (χ1v) is 7.78. The van der Waals surface area contributed by atoms with Gasteiger partial charge in [0.1, 0.15) is 0 Å². The number of aromatic nitrogens is 2. The number of carbonyl (C=O) groups is 1. The summed E-state index contributed by atoms with van der Waals surface area (Å²) in [6.07, 6.45) is 1.72. The van der Waals surface area contributed by atoms with Crippen LogP contribution in [0.25, 0.3) is 0 Å². The van der Waals surface area contributed by atoms with Crippen LogP contribution in [0.4, 0.5) is 0 Å². The number of benzene rings is 1. The fourth-order valence-electron chi connectivity index (χ4n) is 2.61. The average Bonchev–Trinajstić information content (AvgIpc) is 2.94. The highest BCUT2D eigenvalue weighted by molar-refractivity contribution is 9.10. The van der Waals surface area contributed by atoms with Crippen LogP contribution in [0.2, 0.25) is 0 Å². The van der Waals surface area contributed by atoms with E-state index in [0.717, 1.165) is 17.3 Å². The van der Waals surface area contributed by atoms with Crippen molar-refractivity contribution in [2.45, 2.75) is 25.7 Å². The van der Waals surface area contributed by atoms with Gasteiger partial charge in [-0.05, 0) is 40.9 Å². The molecule has 0 N–H and O–H groups in total. The van der Waals surface area contributed by atoms with E-state index in [4.69, 9.17) is 4.42 Å². The molecule has 0 bridgehead atoms. The van der Waals surface area contributed by atoms with Crippen LogP contribution in [0.15, 0.2) is 33.2 Å². The molecule has 1 amide bonds. The van der Waals surface area contributed by atoms with E-state index in [1.165, 1.54) is 0 Å². The number of piperidine rings is 1. The van der Waals surface area contributed by atoms with Gasteiger partial charge in [0.05, 0.1) is 5.56 Å². The van der Waals surface area contributed by atoms with Crippen molar-refractivity contribution < 1.29 is 9.21 Å². The third-order valence-corrected chi connectivity index (χ3v) is 4.47. The van der Waals surface area contributed by atoms with Crippen LogP contribution in [-0.4, -0.2) is 34.1 Å². The maximum absolute atomic E-state index is 12.5. The molecule has 21 heavy (non-hydrogen) atoms. The van der Waals surface area contributed by atoms with E-state index in [-0.39, 0.29) is 11.8 Å². The van der Waals surface area contributed by atoms with Gasteiger partial charge in [-0.3, -0.25) is 4.79 Å². The molecule has 3 rings (SSSR count). The zero-order valence-corrected chi connectivity index (χ0v) is 13.3. The van der Waals surface area contributed by atoms with Crippen LogP contribution in [0.1, 0.15) is 40.9 Å². The van der Waals surface area contributed by atoms with E-state index in [9.17, 15) is 4.79 Å². The molecule has 0 aliphatic carbocycles. The quantitative estimate of drug-likeness (QED) is 0.835. The first kappa shape index (κ1) is 14.3. The molecule has 110 valence electrons. The van der Waals surface area contributed by atoms with Gasteiger partial charge in [0.25, 0.3) is 5.91 Å². The maximum atomic E-state index is 12.5. The van der Waals surface area contributed by atoms with Gasteiger partial charge < -0.3 is 9.32 Å². The van der Waals surface area contributed by atoms with Crippen LogP contribution in [-0.2, 0) is 0 Å². The molecule has 1 saturated heterocycles. The van der Waals surface area contributed by atoms with Crippen LogP contribution >= 0.6 is 15.9 Å². The Kier molecular flexibility index (Phi) is 4.05. The molecule has 1 aliphatic heterocycles. The largest absolute Gasteiger partial charge is 0.425 e. The smallest absolute Gasteiger partial charge is 0.254 e. The SMILES string of the molecule is Cc1nnc(C2CCN(C(=O)c3ccccc3Br)CC2)o1. The molecule has 2 aromatic rings. The third kappa shape index (κ3) is 3.00. The maximum Gasteiger partial charge on any atom is 0.254 e. The van der Waals surface area contributed by atoms with Gasteiger partial charge in [-0.1, -0.05) is 12.1 Å². The Morgan fingerprint density at radius 1 is 1.29 bits per heavy atom. The van der Waals surface area contributed by atoms with Crippen molar-refractivity contribution in [1.82, 2.24) is 15.1 Å². The van der Waals surface area contributed by atoms with Crippen molar-refractivity contribution in [2.75, 3.05) is 13.1 Å². The summed E-state index contributed by atoms with van der Waals surface area (Å²) in [5, 5.41) is 7.96. The molecule has 6 heteroatoms. The van der Waals surface area contributed by atoms with Crippen molar-refractivity contribution >= 4 is 21.8 Å². The van der Waals surface area contributed by atoms with E-state index < -0.39 is 0 Å². The zero-order valence-electron chi connectivity index (χ0n) is 11.8. The van der Waals surface area contributed by atoms with Crippen LogP contribution in [0.5, 0.6) is 0 Å². The topological polar surface area (TPSA) is 59.2 Å². The predicted molar refractivity (Wildman–Crippen MR) is 81.1 cm³/mol. The molecule has 1 aliphatic rings. The second kappa shape index (κ2) is 5.97. The number of likely N-dealkylation sites (tertiary alicyclic amines) is 1. The van der Waals surface area contributed by atoms with Crippen molar-refractivity contribution in [3.63, 3.8) is 0 Å². The molecule has 5 nitrogen and oxygen atoms in total. The Balaban J connectivity index is 1.66. The third-order valence-electron chi connectivity index (χ3n) is 3.78. The Morgan fingerprint density at radius 3 is 2.62 bits per heavy atom. The van der Waals surface area contributed by atoms with E-state index >= 15 is 0 Å². The van der Waals surface area contributed by atoms with Crippen molar-refractivity contribution in [3.05, 3.63) is 46.1 Å². The van der Waals surface area contributed by atoms with Crippen LogP contribution < -0.4 is 0 Å². The lowest BCUT2D eigenvalue weighted by Gasteiger charge is -2.30. The lowest BCUT2D eigenvalue weighted by molar-refractivity contribution is 0.0705. The van der Waals surface area contributed by atoms with Crippen LogP contribution in [0.3, 0.4) is 0 Å². The fourth-order valence-corrected chi connectivity index (χ4v) is 3.07. The van der Waals surface area contributed by atoms with E-state index in [2.05, 4.69) is 26.1 Å². The van der Waals surface area contributed by atoms with Gasteiger partial charge in [0.2, 0.25) is 11.8 Å². The minimum Gasteiger partial charge on any atom is -0.425 e. The monoisotopic (exact) mass is 349 g/mol. The average molecular weight is 350 g/mol. The highest BCUT2D eigenvalue weighted by Crippen LogP contribution is 2.28. The Hall–Kier alpha value is -1.69. The van der Waals surface area contributed by atoms with E-state index in [1.54, 1.807) is 6.92 Å². The second-order valence-electron chi connectivity index (χ2n) is 5.21. The van der Waals surface area contributed by atoms with Crippen molar-refractivity contribution in [1.29, 1.82) is 0 Å². The normalized spacial score (nSPS) is 16.2. The number of nitrogens with zero attached hydrogens (tertiary/aromatic N) is 3. The molecule has 0 atom stereocenters. The van der Waals surface area contributed by atoms with E-state index in [1.807, 2.05) is 29.2 Å². The molecule has 1 aromatic carbocycles. The summed E-state index contributed by atoms with van der Waals surface area (Å²) < 4.78 is 6.33. The molecule has 0 saturated carbocycles. The molecule has 2 heterocycles. The van der Waals surface area contributed by atoms with Crippen molar-refractivity contribution in [2.24, 2.45) is 0 Å². The Labute approximate surface area is 131 Å². The Bertz CT molecular complexity index is 648. The Morgan fingerprint density at radius 2 is 2.00 bits per heavy atom. The number of carbonyl (C=O) groups excluding carboxylic acids is 1. The first-order valence-electron chi connectivity index (χ1n) is 6.99. The fraction of sp³-hybridized carbons (Fsp3) is 0.400. The number of hydrogen-bond donors (Lipinski definition) is 0. The van der Waals surface area contributed by atoms with Gasteiger partial charge >= 0.3 is 0 Å². The summed E-state index contributed by atoms with van der Waals surface area (Å²) in [6.45, 7) is 3.22. The first-order chi connectivity index (χ1) is 10.1. The summed E-state index contributed by atoms with van der Waals surface area (Å²) in [6, 6.07) is 7.53. The highest BCUT2D eigenvalue weighted by atomic mass is 79.9. The van der Waals surface area contributed by atoms with Gasteiger partial charge in [-0.15, -0.1) is 10.2 Å². The van der Waals surface area contributed by atoms with Gasteiger partial charge in [0, 0.05) is 30.4 Å². The molecule has 1 aromatic heterocycles. The minimum absolute atomic E-state index is 0.0719. The minimum atomic E-state index is 0.0719. The van der Waals surface area contributed by atoms with Gasteiger partial charge in [-0.2, -0.15) is 0 Å². The standard InChI is InChI=1S/C15H16BrN3O2/c1-10-17-18-14(21-10)11-6-8-19(9-7-11)15(20)12-4-2-3-5-13(12)16/h2-5,11H,6-9H2,1H3. The van der Waals surface area contributed by atoms with Crippen molar-refractivity contribution in [3.8, 4) is 0 Å². The number of rotatable bonds is 2. The molecule has 0 spiro atoms. The molecular formula is C15H16BrN3O2. The summed E-state index contributed by atoms with van der Waals surface area (Å²) in [4.78, 5) is 14.4. The predicted octanol–water partition coefficient (Wildman–Crippen LogP) is 3.16. The molecule has 0 unspecified atom stereocenters. The number of amides is 1. The van der Waals surface area contributed by atoms with Gasteiger partial charge in [-0.25, -0.2) is 0 Å². The summed E-state index contributed by atoms with van der Waals surface area (Å²) in [5.41, 5.74) is 0.713. The molecule has 0 radical (unpaired) electrons. The lowest BCUT2D eigenvalue weighted by Crippen LogP contribution is -2.38. The summed E-state index contributed by atoms with van der Waals surface area (Å²) in [5.74, 6) is 1.62. The van der Waals surface area contributed by atoms with E-state index in [0.29, 0.717) is 30.4 Å². The summed E-state index contributed by atoms with van der Waals surface area (Å²) in [7, 11) is 0. The zero-order chi connectivity index (χ0) is 14.8. The molecule has 1 fully saturated rings. The molecular weight excluding hydrogens is 334 g/mol. The number of halogens is 1. The van der Waals surface area contributed by atoms with Gasteiger partial charge in [0.15, 0.2) is 0 Å². The highest BCUT2D eigenvalue weighted by Gasteiger charge is 2.28. The summed E-state index contributed by atoms with van der Waals surface area (Å²) >= 11 is 3.43. The lowest BCUT2D eigenvalue weighted by atomic mass is 9.96. The number of aryl methyl sites for hydroxylation is 1. The second-order valence-corrected chi connectivity index (χ2v) is 6.06.